The van der Waals surface area contributed by atoms with Crippen molar-refractivity contribution in [3.8, 4) is 0 Å². The SMILES string of the molecule is CC(C(=O)NCC(O)C(C)C)c1ccc(Br)cc1. The molecule has 1 rings (SSSR count). The quantitative estimate of drug-likeness (QED) is 0.878. The van der Waals surface area contributed by atoms with Crippen molar-refractivity contribution in [3.05, 3.63) is 34.3 Å². The van der Waals surface area contributed by atoms with Crippen molar-refractivity contribution in [2.45, 2.75) is 32.8 Å². The van der Waals surface area contributed by atoms with Gasteiger partial charge in [0, 0.05) is 11.0 Å². The topological polar surface area (TPSA) is 49.3 Å². The van der Waals surface area contributed by atoms with Crippen molar-refractivity contribution in [3.63, 3.8) is 0 Å². The number of aliphatic hydroxyl groups excluding tert-OH is 1. The molecule has 2 atom stereocenters. The average molecular weight is 314 g/mol. The van der Waals surface area contributed by atoms with E-state index in [1.807, 2.05) is 45.0 Å². The van der Waals surface area contributed by atoms with Gasteiger partial charge in [-0.1, -0.05) is 41.9 Å². The maximum atomic E-state index is 11.9. The van der Waals surface area contributed by atoms with E-state index in [1.165, 1.54) is 0 Å². The monoisotopic (exact) mass is 313 g/mol. The first kappa shape index (κ1) is 15.2. The highest BCUT2D eigenvalue weighted by Crippen LogP contribution is 2.18. The molecule has 4 heteroatoms. The summed E-state index contributed by atoms with van der Waals surface area (Å²) in [7, 11) is 0. The third-order valence-electron chi connectivity index (χ3n) is 3.02. The van der Waals surface area contributed by atoms with Crippen molar-refractivity contribution in [2.75, 3.05) is 6.54 Å². The van der Waals surface area contributed by atoms with Gasteiger partial charge in [0.2, 0.25) is 5.91 Å². The molecule has 1 aromatic carbocycles. The molecular formula is C14H20BrNO2. The van der Waals surface area contributed by atoms with E-state index in [1.54, 1.807) is 0 Å². The number of carbonyl (C=O) groups is 1. The lowest BCUT2D eigenvalue weighted by Crippen LogP contribution is -2.36. The van der Waals surface area contributed by atoms with E-state index in [4.69, 9.17) is 0 Å². The van der Waals surface area contributed by atoms with Crippen molar-refractivity contribution < 1.29 is 9.90 Å². The minimum atomic E-state index is -0.494. The van der Waals surface area contributed by atoms with Gasteiger partial charge in [-0.3, -0.25) is 4.79 Å². The summed E-state index contributed by atoms with van der Waals surface area (Å²) in [4.78, 5) is 11.9. The highest BCUT2D eigenvalue weighted by atomic mass is 79.9. The molecule has 0 spiro atoms. The van der Waals surface area contributed by atoms with E-state index in [-0.39, 0.29) is 17.7 Å². The van der Waals surface area contributed by atoms with Gasteiger partial charge in [0.1, 0.15) is 0 Å². The molecule has 0 heterocycles. The van der Waals surface area contributed by atoms with E-state index in [9.17, 15) is 9.90 Å². The first-order valence-corrected chi connectivity index (χ1v) is 6.92. The fraction of sp³-hybridized carbons (Fsp3) is 0.500. The van der Waals surface area contributed by atoms with E-state index in [0.717, 1.165) is 10.0 Å². The second kappa shape index (κ2) is 6.90. The zero-order valence-corrected chi connectivity index (χ0v) is 12.6. The molecule has 0 aromatic heterocycles. The second-order valence-corrected chi connectivity index (χ2v) is 5.75. The Bertz CT molecular complexity index is 389. The molecule has 1 aromatic rings. The maximum absolute atomic E-state index is 11.9. The first-order chi connectivity index (χ1) is 8.41. The van der Waals surface area contributed by atoms with Crippen LogP contribution >= 0.6 is 15.9 Å². The number of hydrogen-bond donors (Lipinski definition) is 2. The van der Waals surface area contributed by atoms with Gasteiger partial charge in [0.15, 0.2) is 0 Å². The van der Waals surface area contributed by atoms with Crippen LogP contribution in [0.4, 0.5) is 0 Å². The van der Waals surface area contributed by atoms with Crippen LogP contribution in [-0.4, -0.2) is 23.7 Å². The maximum Gasteiger partial charge on any atom is 0.227 e. The molecule has 0 aliphatic carbocycles. The summed E-state index contributed by atoms with van der Waals surface area (Å²) >= 11 is 3.36. The van der Waals surface area contributed by atoms with Gasteiger partial charge in [0.25, 0.3) is 0 Å². The molecule has 0 aliphatic rings. The standard InChI is InChI=1S/C14H20BrNO2/c1-9(2)13(17)8-16-14(18)10(3)11-4-6-12(15)7-5-11/h4-7,9-10,13,17H,8H2,1-3H3,(H,16,18). The van der Waals surface area contributed by atoms with Crippen LogP contribution in [0.2, 0.25) is 0 Å². The first-order valence-electron chi connectivity index (χ1n) is 6.13. The number of rotatable bonds is 5. The minimum absolute atomic E-state index is 0.0583. The molecule has 2 unspecified atom stereocenters. The molecule has 0 saturated heterocycles. The van der Waals surface area contributed by atoms with Crippen LogP contribution in [-0.2, 0) is 4.79 Å². The van der Waals surface area contributed by atoms with Crippen LogP contribution in [0.5, 0.6) is 0 Å². The molecule has 18 heavy (non-hydrogen) atoms. The highest BCUT2D eigenvalue weighted by Gasteiger charge is 2.17. The number of hydrogen-bond acceptors (Lipinski definition) is 2. The minimum Gasteiger partial charge on any atom is -0.391 e. The molecule has 0 bridgehead atoms. The Labute approximate surface area is 117 Å². The Hall–Kier alpha value is -0.870. The van der Waals surface area contributed by atoms with Gasteiger partial charge in [0.05, 0.1) is 12.0 Å². The summed E-state index contributed by atoms with van der Waals surface area (Å²) < 4.78 is 0.995. The van der Waals surface area contributed by atoms with Crippen molar-refractivity contribution >= 4 is 21.8 Å². The fourth-order valence-corrected chi connectivity index (χ4v) is 1.76. The summed E-state index contributed by atoms with van der Waals surface area (Å²) in [6.45, 7) is 6.02. The molecule has 3 nitrogen and oxygen atoms in total. The van der Waals surface area contributed by atoms with E-state index in [0.29, 0.717) is 6.54 Å². The third-order valence-corrected chi connectivity index (χ3v) is 3.55. The molecular weight excluding hydrogens is 294 g/mol. The number of halogens is 1. The zero-order valence-electron chi connectivity index (χ0n) is 11.0. The fourth-order valence-electron chi connectivity index (χ4n) is 1.50. The summed E-state index contributed by atoms with van der Waals surface area (Å²) in [5, 5.41) is 12.4. The molecule has 0 fully saturated rings. The molecule has 1 amide bonds. The Balaban J connectivity index is 2.54. The van der Waals surface area contributed by atoms with Crippen molar-refractivity contribution in [1.82, 2.24) is 5.32 Å². The highest BCUT2D eigenvalue weighted by molar-refractivity contribution is 9.10. The number of amides is 1. The van der Waals surface area contributed by atoms with Gasteiger partial charge >= 0.3 is 0 Å². The Morgan fingerprint density at radius 1 is 1.28 bits per heavy atom. The Morgan fingerprint density at radius 2 is 1.83 bits per heavy atom. The van der Waals surface area contributed by atoms with Gasteiger partial charge in [-0.05, 0) is 30.5 Å². The van der Waals surface area contributed by atoms with Crippen LogP contribution < -0.4 is 5.32 Å². The van der Waals surface area contributed by atoms with E-state index < -0.39 is 6.10 Å². The summed E-state index contributed by atoms with van der Waals surface area (Å²) in [6, 6.07) is 7.69. The predicted molar refractivity (Wildman–Crippen MR) is 76.4 cm³/mol. The number of benzene rings is 1. The molecule has 0 saturated carbocycles. The van der Waals surface area contributed by atoms with Gasteiger partial charge < -0.3 is 10.4 Å². The molecule has 100 valence electrons. The van der Waals surface area contributed by atoms with Gasteiger partial charge in [-0.15, -0.1) is 0 Å². The lowest BCUT2D eigenvalue weighted by Gasteiger charge is -2.17. The summed E-state index contributed by atoms with van der Waals surface area (Å²) in [6.07, 6.45) is -0.494. The smallest absolute Gasteiger partial charge is 0.227 e. The molecule has 0 aliphatic heterocycles. The number of aliphatic hydroxyl groups is 1. The number of nitrogens with one attached hydrogen (secondary N) is 1. The van der Waals surface area contributed by atoms with E-state index >= 15 is 0 Å². The normalized spacial score (nSPS) is 14.3. The lowest BCUT2D eigenvalue weighted by molar-refractivity contribution is -0.122. The molecule has 0 radical (unpaired) electrons. The largest absolute Gasteiger partial charge is 0.391 e. The number of carbonyl (C=O) groups excluding carboxylic acids is 1. The van der Waals surface area contributed by atoms with Crippen LogP contribution in [0.25, 0.3) is 0 Å². The van der Waals surface area contributed by atoms with Crippen molar-refractivity contribution in [1.29, 1.82) is 0 Å². The van der Waals surface area contributed by atoms with E-state index in [2.05, 4.69) is 21.2 Å². The van der Waals surface area contributed by atoms with Crippen LogP contribution in [0, 0.1) is 5.92 Å². The zero-order chi connectivity index (χ0) is 13.7. The van der Waals surface area contributed by atoms with Crippen molar-refractivity contribution in [2.24, 2.45) is 5.92 Å². The van der Waals surface area contributed by atoms with Crippen LogP contribution in [0.15, 0.2) is 28.7 Å². The summed E-state index contributed by atoms with van der Waals surface area (Å²) in [5.41, 5.74) is 0.967. The average Bonchev–Trinajstić information content (AvgIpc) is 2.35. The second-order valence-electron chi connectivity index (χ2n) is 4.83. The lowest BCUT2D eigenvalue weighted by atomic mass is 10.00. The predicted octanol–water partition coefficient (Wildman–Crippen LogP) is 2.69. The molecule has 2 N–H and O–H groups in total. The third kappa shape index (κ3) is 4.42. The van der Waals surface area contributed by atoms with Crippen LogP contribution in [0.1, 0.15) is 32.3 Å². The van der Waals surface area contributed by atoms with Gasteiger partial charge in [-0.2, -0.15) is 0 Å². The van der Waals surface area contributed by atoms with Gasteiger partial charge in [-0.25, -0.2) is 0 Å². The van der Waals surface area contributed by atoms with Crippen LogP contribution in [0.3, 0.4) is 0 Å². The Kier molecular flexibility index (Phi) is 5.82. The summed E-state index contributed by atoms with van der Waals surface area (Å²) in [5.74, 6) is -0.122. The Morgan fingerprint density at radius 3 is 2.33 bits per heavy atom.